The van der Waals surface area contributed by atoms with E-state index in [1.54, 1.807) is 0 Å². The summed E-state index contributed by atoms with van der Waals surface area (Å²) in [6.45, 7) is 1.88. The largest absolute Gasteiger partial charge is 0.294 e. The molecule has 2 heteroatoms. The standard InChI is InChI=1S/C15H13BrO/c1-2-15(17)13-7-3-5-11(9-13)12-6-4-8-14(16)10-12/h3-10H,2H2,1H3. The van der Waals surface area contributed by atoms with Crippen molar-refractivity contribution in [3.63, 3.8) is 0 Å². The van der Waals surface area contributed by atoms with Crippen LogP contribution in [0, 0.1) is 0 Å². The van der Waals surface area contributed by atoms with Crippen molar-refractivity contribution in [3.8, 4) is 11.1 Å². The Morgan fingerprint density at radius 3 is 2.35 bits per heavy atom. The lowest BCUT2D eigenvalue weighted by Gasteiger charge is -2.04. The van der Waals surface area contributed by atoms with E-state index in [-0.39, 0.29) is 5.78 Å². The number of hydrogen-bond donors (Lipinski definition) is 0. The predicted molar refractivity (Wildman–Crippen MR) is 74.2 cm³/mol. The van der Waals surface area contributed by atoms with E-state index in [4.69, 9.17) is 0 Å². The third-order valence-electron chi connectivity index (χ3n) is 2.66. The molecule has 0 bridgehead atoms. The first kappa shape index (κ1) is 12.1. The van der Waals surface area contributed by atoms with Crippen LogP contribution in [0.2, 0.25) is 0 Å². The topological polar surface area (TPSA) is 17.1 Å². The average molecular weight is 289 g/mol. The zero-order chi connectivity index (χ0) is 12.3. The molecule has 0 heterocycles. The van der Waals surface area contributed by atoms with Gasteiger partial charge in [-0.2, -0.15) is 0 Å². The van der Waals surface area contributed by atoms with E-state index in [2.05, 4.69) is 22.0 Å². The number of Topliss-reactive ketones (excluding diaryl/α,β-unsaturated/α-hetero) is 1. The van der Waals surface area contributed by atoms with Gasteiger partial charge < -0.3 is 0 Å². The van der Waals surface area contributed by atoms with Gasteiger partial charge in [0.05, 0.1) is 0 Å². The molecule has 0 atom stereocenters. The number of ketones is 1. The summed E-state index contributed by atoms with van der Waals surface area (Å²) in [5.41, 5.74) is 2.97. The fourth-order valence-electron chi connectivity index (χ4n) is 1.74. The summed E-state index contributed by atoms with van der Waals surface area (Å²) in [4.78, 5) is 11.7. The van der Waals surface area contributed by atoms with Gasteiger partial charge in [-0.3, -0.25) is 4.79 Å². The molecule has 2 aromatic carbocycles. The maximum absolute atomic E-state index is 11.7. The quantitative estimate of drug-likeness (QED) is 0.748. The molecule has 0 fully saturated rings. The summed E-state index contributed by atoms with van der Waals surface area (Å²) < 4.78 is 1.04. The van der Waals surface area contributed by atoms with Crippen LogP contribution in [0.25, 0.3) is 11.1 Å². The SMILES string of the molecule is CCC(=O)c1cccc(-c2cccc(Br)c2)c1. The van der Waals surface area contributed by atoms with Crippen LogP contribution in [-0.2, 0) is 0 Å². The minimum Gasteiger partial charge on any atom is -0.294 e. The Morgan fingerprint density at radius 1 is 1.06 bits per heavy atom. The van der Waals surface area contributed by atoms with E-state index >= 15 is 0 Å². The van der Waals surface area contributed by atoms with E-state index < -0.39 is 0 Å². The van der Waals surface area contributed by atoms with E-state index in [9.17, 15) is 4.79 Å². The molecule has 0 aromatic heterocycles. The first-order valence-electron chi connectivity index (χ1n) is 5.60. The molecule has 86 valence electrons. The van der Waals surface area contributed by atoms with Crippen molar-refractivity contribution in [2.45, 2.75) is 13.3 Å². The lowest BCUT2D eigenvalue weighted by molar-refractivity contribution is 0.0988. The van der Waals surface area contributed by atoms with E-state index in [1.807, 2.05) is 49.4 Å². The second-order valence-electron chi connectivity index (χ2n) is 3.87. The average Bonchev–Trinajstić information content (AvgIpc) is 2.38. The molecule has 0 unspecified atom stereocenters. The summed E-state index contributed by atoms with van der Waals surface area (Å²) in [5.74, 6) is 0.182. The first-order chi connectivity index (χ1) is 8.20. The molecule has 2 rings (SSSR count). The van der Waals surface area contributed by atoms with Crippen LogP contribution < -0.4 is 0 Å². The minimum absolute atomic E-state index is 0.182. The lowest BCUT2D eigenvalue weighted by Crippen LogP contribution is -1.96. The number of rotatable bonds is 3. The van der Waals surface area contributed by atoms with Crippen LogP contribution in [-0.4, -0.2) is 5.78 Å². The Bertz CT molecular complexity index is 546. The Morgan fingerprint density at radius 2 is 1.71 bits per heavy atom. The number of carbonyl (C=O) groups is 1. The summed E-state index contributed by atoms with van der Waals surface area (Å²) in [7, 11) is 0. The third kappa shape index (κ3) is 2.83. The zero-order valence-corrected chi connectivity index (χ0v) is 11.2. The minimum atomic E-state index is 0.182. The summed E-state index contributed by atoms with van der Waals surface area (Å²) in [6.07, 6.45) is 0.544. The smallest absolute Gasteiger partial charge is 0.162 e. The van der Waals surface area contributed by atoms with Crippen LogP contribution in [0.1, 0.15) is 23.7 Å². The Balaban J connectivity index is 2.43. The van der Waals surface area contributed by atoms with Crippen molar-refractivity contribution in [3.05, 3.63) is 58.6 Å². The van der Waals surface area contributed by atoms with Crippen molar-refractivity contribution in [1.82, 2.24) is 0 Å². The van der Waals surface area contributed by atoms with Gasteiger partial charge in [-0.15, -0.1) is 0 Å². The molecule has 0 aliphatic carbocycles. The molecule has 0 N–H and O–H groups in total. The molecular formula is C15H13BrO. The van der Waals surface area contributed by atoms with Gasteiger partial charge in [-0.1, -0.05) is 53.2 Å². The van der Waals surface area contributed by atoms with E-state index in [0.29, 0.717) is 6.42 Å². The van der Waals surface area contributed by atoms with Gasteiger partial charge in [0.15, 0.2) is 5.78 Å². The van der Waals surface area contributed by atoms with Gasteiger partial charge in [-0.25, -0.2) is 0 Å². The van der Waals surface area contributed by atoms with E-state index in [0.717, 1.165) is 21.2 Å². The highest BCUT2D eigenvalue weighted by molar-refractivity contribution is 9.10. The van der Waals surface area contributed by atoms with Crippen LogP contribution in [0.15, 0.2) is 53.0 Å². The van der Waals surface area contributed by atoms with Gasteiger partial charge in [0.1, 0.15) is 0 Å². The van der Waals surface area contributed by atoms with E-state index in [1.165, 1.54) is 0 Å². The van der Waals surface area contributed by atoms with Crippen molar-refractivity contribution < 1.29 is 4.79 Å². The fraction of sp³-hybridized carbons (Fsp3) is 0.133. The molecule has 0 saturated heterocycles. The van der Waals surface area contributed by atoms with Crippen LogP contribution >= 0.6 is 15.9 Å². The van der Waals surface area contributed by atoms with Gasteiger partial charge in [0, 0.05) is 16.5 Å². The molecule has 0 radical (unpaired) electrons. The van der Waals surface area contributed by atoms with Crippen molar-refractivity contribution >= 4 is 21.7 Å². The van der Waals surface area contributed by atoms with Gasteiger partial charge in [-0.05, 0) is 29.3 Å². The maximum atomic E-state index is 11.7. The number of hydrogen-bond acceptors (Lipinski definition) is 1. The first-order valence-corrected chi connectivity index (χ1v) is 6.39. The molecule has 0 saturated carbocycles. The van der Waals surface area contributed by atoms with Crippen LogP contribution in [0.3, 0.4) is 0 Å². The third-order valence-corrected chi connectivity index (χ3v) is 3.16. The molecule has 17 heavy (non-hydrogen) atoms. The Labute approximate surface area is 110 Å². The van der Waals surface area contributed by atoms with Crippen LogP contribution in [0.5, 0.6) is 0 Å². The van der Waals surface area contributed by atoms with Crippen molar-refractivity contribution in [1.29, 1.82) is 0 Å². The second kappa shape index (κ2) is 5.28. The number of benzene rings is 2. The highest BCUT2D eigenvalue weighted by atomic mass is 79.9. The zero-order valence-electron chi connectivity index (χ0n) is 9.61. The molecule has 1 nitrogen and oxygen atoms in total. The van der Waals surface area contributed by atoms with Gasteiger partial charge in [0.25, 0.3) is 0 Å². The highest BCUT2D eigenvalue weighted by Crippen LogP contribution is 2.24. The summed E-state index contributed by atoms with van der Waals surface area (Å²) in [5, 5.41) is 0. The molecule has 2 aromatic rings. The number of halogens is 1. The molecule has 0 aliphatic rings. The highest BCUT2D eigenvalue weighted by Gasteiger charge is 2.05. The lowest BCUT2D eigenvalue weighted by atomic mass is 10.0. The van der Waals surface area contributed by atoms with Crippen LogP contribution in [0.4, 0.5) is 0 Å². The summed E-state index contributed by atoms with van der Waals surface area (Å²) >= 11 is 3.45. The summed E-state index contributed by atoms with van der Waals surface area (Å²) in [6, 6.07) is 15.8. The second-order valence-corrected chi connectivity index (χ2v) is 4.78. The van der Waals surface area contributed by atoms with Gasteiger partial charge >= 0.3 is 0 Å². The fourth-order valence-corrected chi connectivity index (χ4v) is 2.14. The molecule has 0 aliphatic heterocycles. The van der Waals surface area contributed by atoms with Crippen molar-refractivity contribution in [2.24, 2.45) is 0 Å². The molecule has 0 amide bonds. The van der Waals surface area contributed by atoms with Crippen molar-refractivity contribution in [2.75, 3.05) is 0 Å². The normalized spacial score (nSPS) is 10.2. The monoisotopic (exact) mass is 288 g/mol. The molecule has 0 spiro atoms. The van der Waals surface area contributed by atoms with Gasteiger partial charge in [0.2, 0.25) is 0 Å². The predicted octanol–water partition coefficient (Wildman–Crippen LogP) is 4.71. The molecular weight excluding hydrogens is 276 g/mol. The Kier molecular flexibility index (Phi) is 3.75. The maximum Gasteiger partial charge on any atom is 0.162 e. The Hall–Kier alpha value is -1.41. The number of carbonyl (C=O) groups excluding carboxylic acids is 1.